The second-order valence-electron chi connectivity index (χ2n) is 7.69. The minimum absolute atomic E-state index is 0.159. The zero-order chi connectivity index (χ0) is 21.6. The molecule has 1 aromatic heterocycles. The summed E-state index contributed by atoms with van der Waals surface area (Å²) in [5.74, 6) is 0.307. The van der Waals surface area contributed by atoms with Crippen molar-refractivity contribution in [1.82, 2.24) is 21.2 Å². The van der Waals surface area contributed by atoms with Crippen molar-refractivity contribution in [3.05, 3.63) is 60.2 Å². The maximum atomic E-state index is 13.0. The van der Waals surface area contributed by atoms with Crippen molar-refractivity contribution in [1.29, 1.82) is 0 Å². The van der Waals surface area contributed by atoms with Gasteiger partial charge >= 0.3 is 6.03 Å². The molecule has 1 saturated carbocycles. The average molecular weight is 418 g/mol. The molecule has 31 heavy (non-hydrogen) atoms. The van der Waals surface area contributed by atoms with Crippen LogP contribution in [-0.4, -0.2) is 30.1 Å². The molecule has 4 rings (SSSR count). The van der Waals surface area contributed by atoms with E-state index in [0.717, 1.165) is 31.2 Å². The Morgan fingerprint density at radius 2 is 1.77 bits per heavy atom. The molecule has 1 fully saturated rings. The van der Waals surface area contributed by atoms with Gasteiger partial charge < -0.3 is 10.1 Å². The SMILES string of the molecule is COc1cccc(-c2cc(C(=O)NNC(=O)NC3CCCCC3)c3ccccc3n2)c1. The number of benzene rings is 2. The van der Waals surface area contributed by atoms with Crippen LogP contribution >= 0.6 is 0 Å². The van der Waals surface area contributed by atoms with Crippen LogP contribution in [-0.2, 0) is 0 Å². The zero-order valence-corrected chi connectivity index (χ0v) is 17.5. The first-order valence-electron chi connectivity index (χ1n) is 10.5. The van der Waals surface area contributed by atoms with Crippen molar-refractivity contribution in [3.63, 3.8) is 0 Å². The summed E-state index contributed by atoms with van der Waals surface area (Å²) in [4.78, 5) is 29.9. The molecule has 0 atom stereocenters. The largest absolute Gasteiger partial charge is 0.497 e. The van der Waals surface area contributed by atoms with Gasteiger partial charge in [0, 0.05) is 17.0 Å². The zero-order valence-electron chi connectivity index (χ0n) is 17.5. The van der Waals surface area contributed by atoms with Gasteiger partial charge in [-0.2, -0.15) is 0 Å². The first-order chi connectivity index (χ1) is 15.1. The van der Waals surface area contributed by atoms with Crippen molar-refractivity contribution < 1.29 is 14.3 Å². The van der Waals surface area contributed by atoms with Crippen LogP contribution in [0.1, 0.15) is 42.5 Å². The number of carbonyl (C=O) groups is 2. The highest BCUT2D eigenvalue weighted by Crippen LogP contribution is 2.27. The topological polar surface area (TPSA) is 92.4 Å². The molecule has 7 nitrogen and oxygen atoms in total. The molecule has 0 spiro atoms. The lowest BCUT2D eigenvalue weighted by atomic mass is 9.96. The maximum absolute atomic E-state index is 13.0. The standard InChI is InChI=1S/C24H26N4O3/c1-31-18-11-7-8-16(14-18)22-15-20(19-12-5-6-13-21(19)26-22)23(29)27-28-24(30)25-17-9-3-2-4-10-17/h5-8,11-15,17H,2-4,9-10H2,1H3,(H,27,29)(H2,25,28,30). The predicted molar refractivity (Wildman–Crippen MR) is 120 cm³/mol. The number of aromatic nitrogens is 1. The summed E-state index contributed by atoms with van der Waals surface area (Å²) in [6.07, 6.45) is 5.39. The molecule has 0 radical (unpaired) electrons. The number of ether oxygens (including phenoxy) is 1. The number of amides is 3. The number of para-hydroxylation sites is 1. The van der Waals surface area contributed by atoms with E-state index in [0.29, 0.717) is 27.9 Å². The lowest BCUT2D eigenvalue weighted by Crippen LogP contribution is -2.50. The smallest absolute Gasteiger partial charge is 0.333 e. The minimum atomic E-state index is -0.401. The molecule has 7 heteroatoms. The number of rotatable bonds is 4. The van der Waals surface area contributed by atoms with E-state index >= 15 is 0 Å². The molecule has 0 bridgehead atoms. The molecule has 1 aliphatic carbocycles. The van der Waals surface area contributed by atoms with Crippen molar-refractivity contribution in [3.8, 4) is 17.0 Å². The summed E-state index contributed by atoms with van der Waals surface area (Å²) in [5.41, 5.74) is 7.62. The molecule has 2 aromatic carbocycles. The van der Waals surface area contributed by atoms with E-state index in [2.05, 4.69) is 16.2 Å². The van der Waals surface area contributed by atoms with Gasteiger partial charge in [0.05, 0.1) is 23.9 Å². The van der Waals surface area contributed by atoms with Crippen molar-refractivity contribution in [2.45, 2.75) is 38.1 Å². The molecule has 3 aromatic rings. The molecule has 160 valence electrons. The quantitative estimate of drug-likeness (QED) is 0.554. The van der Waals surface area contributed by atoms with Gasteiger partial charge in [-0.3, -0.25) is 10.2 Å². The first-order valence-corrected chi connectivity index (χ1v) is 10.5. The number of hydrazine groups is 1. The van der Waals surface area contributed by atoms with Gasteiger partial charge in [0.2, 0.25) is 0 Å². The molecular formula is C24H26N4O3. The Balaban J connectivity index is 1.55. The summed E-state index contributed by atoms with van der Waals surface area (Å²) in [6.45, 7) is 0. The Morgan fingerprint density at radius 1 is 0.968 bits per heavy atom. The highest BCUT2D eigenvalue weighted by atomic mass is 16.5. The third-order valence-electron chi connectivity index (χ3n) is 5.56. The highest BCUT2D eigenvalue weighted by molar-refractivity contribution is 6.07. The first kappa shape index (κ1) is 20.7. The number of hydrogen-bond acceptors (Lipinski definition) is 4. The fraction of sp³-hybridized carbons (Fsp3) is 0.292. The number of hydrogen-bond donors (Lipinski definition) is 3. The predicted octanol–water partition coefficient (Wildman–Crippen LogP) is 4.19. The van der Waals surface area contributed by atoms with Crippen LogP contribution in [0.15, 0.2) is 54.6 Å². The summed E-state index contributed by atoms with van der Waals surface area (Å²) in [5, 5.41) is 3.63. The van der Waals surface area contributed by atoms with Gasteiger partial charge in [-0.05, 0) is 37.1 Å². The van der Waals surface area contributed by atoms with Crippen LogP contribution in [0.2, 0.25) is 0 Å². The third-order valence-corrected chi connectivity index (χ3v) is 5.56. The van der Waals surface area contributed by atoms with E-state index in [9.17, 15) is 9.59 Å². The fourth-order valence-electron chi connectivity index (χ4n) is 3.94. The van der Waals surface area contributed by atoms with Gasteiger partial charge in [0.25, 0.3) is 5.91 Å². The van der Waals surface area contributed by atoms with Crippen molar-refractivity contribution >= 4 is 22.8 Å². The lowest BCUT2D eigenvalue weighted by Gasteiger charge is -2.22. The van der Waals surface area contributed by atoms with Gasteiger partial charge in [-0.15, -0.1) is 0 Å². The average Bonchev–Trinajstić information content (AvgIpc) is 2.82. The summed E-state index contributed by atoms with van der Waals surface area (Å²) < 4.78 is 5.31. The minimum Gasteiger partial charge on any atom is -0.497 e. The molecule has 1 heterocycles. The number of carbonyl (C=O) groups excluding carboxylic acids is 2. The van der Waals surface area contributed by atoms with E-state index < -0.39 is 11.9 Å². The molecular weight excluding hydrogens is 392 g/mol. The number of nitrogens with one attached hydrogen (secondary N) is 3. The number of methoxy groups -OCH3 is 1. The van der Waals surface area contributed by atoms with E-state index in [4.69, 9.17) is 9.72 Å². The number of pyridine rings is 1. The number of fused-ring (bicyclic) bond motifs is 1. The summed E-state index contributed by atoms with van der Waals surface area (Å²) in [6, 6.07) is 16.4. The normalized spacial score (nSPS) is 14.1. The van der Waals surface area contributed by atoms with E-state index in [1.54, 1.807) is 13.2 Å². The van der Waals surface area contributed by atoms with Gasteiger partial charge in [0.1, 0.15) is 5.75 Å². The second kappa shape index (κ2) is 9.47. The Morgan fingerprint density at radius 3 is 2.58 bits per heavy atom. The summed E-state index contributed by atoms with van der Waals surface area (Å²) in [7, 11) is 1.61. The van der Waals surface area contributed by atoms with Crippen molar-refractivity contribution in [2.24, 2.45) is 0 Å². The van der Waals surface area contributed by atoms with Crippen LogP contribution in [0.25, 0.3) is 22.2 Å². The van der Waals surface area contributed by atoms with Crippen molar-refractivity contribution in [2.75, 3.05) is 7.11 Å². The van der Waals surface area contributed by atoms with Crippen LogP contribution in [0.4, 0.5) is 4.79 Å². The van der Waals surface area contributed by atoms with Crippen LogP contribution < -0.4 is 20.9 Å². The Labute approximate surface area is 181 Å². The number of nitrogens with zero attached hydrogens (tertiary/aromatic N) is 1. The van der Waals surface area contributed by atoms with E-state index in [1.807, 2.05) is 48.5 Å². The van der Waals surface area contributed by atoms with Gasteiger partial charge in [-0.25, -0.2) is 15.2 Å². The van der Waals surface area contributed by atoms with Crippen LogP contribution in [0.3, 0.4) is 0 Å². The molecule has 3 N–H and O–H groups in total. The van der Waals surface area contributed by atoms with E-state index in [1.165, 1.54) is 6.42 Å². The molecule has 1 aliphatic rings. The monoisotopic (exact) mass is 418 g/mol. The lowest BCUT2D eigenvalue weighted by molar-refractivity contribution is 0.0937. The van der Waals surface area contributed by atoms with Crippen LogP contribution in [0, 0.1) is 0 Å². The van der Waals surface area contributed by atoms with E-state index in [-0.39, 0.29) is 6.04 Å². The van der Waals surface area contributed by atoms with Crippen LogP contribution in [0.5, 0.6) is 5.75 Å². The number of urea groups is 1. The second-order valence-corrected chi connectivity index (χ2v) is 7.69. The Hall–Kier alpha value is -3.61. The van der Waals surface area contributed by atoms with Gasteiger partial charge in [0.15, 0.2) is 0 Å². The fourth-order valence-corrected chi connectivity index (χ4v) is 3.94. The molecule has 0 saturated heterocycles. The Kier molecular flexibility index (Phi) is 6.31. The summed E-state index contributed by atoms with van der Waals surface area (Å²) >= 11 is 0. The highest BCUT2D eigenvalue weighted by Gasteiger charge is 2.18. The maximum Gasteiger partial charge on any atom is 0.333 e. The molecule has 3 amide bonds. The molecule has 0 unspecified atom stereocenters. The third kappa shape index (κ3) is 4.94. The van der Waals surface area contributed by atoms with Gasteiger partial charge in [-0.1, -0.05) is 49.6 Å². The molecule has 0 aliphatic heterocycles. The Bertz CT molecular complexity index is 1090.